The zero-order valence-corrected chi connectivity index (χ0v) is 15.6. The molecule has 4 nitrogen and oxygen atoms in total. The van der Waals surface area contributed by atoms with Gasteiger partial charge in [0.1, 0.15) is 11.6 Å². The molecule has 0 saturated carbocycles. The van der Waals surface area contributed by atoms with Crippen LogP contribution in [0.15, 0.2) is 48.7 Å². The van der Waals surface area contributed by atoms with Gasteiger partial charge in [0.05, 0.1) is 12.6 Å². The summed E-state index contributed by atoms with van der Waals surface area (Å²) < 4.78 is 61.5. The fourth-order valence-electron chi connectivity index (χ4n) is 3.39. The number of aromatic nitrogens is 2. The maximum atomic E-state index is 14.0. The monoisotopic (exact) mass is 396 g/mol. The molecule has 0 amide bonds. The van der Waals surface area contributed by atoms with Gasteiger partial charge in [0.25, 0.3) is 5.72 Å². The van der Waals surface area contributed by atoms with Crippen LogP contribution in [0.2, 0.25) is 0 Å². The Kier molecular flexibility index (Phi) is 4.87. The lowest BCUT2D eigenvalue weighted by molar-refractivity contribution is -0.310. The maximum Gasteiger partial charge on any atom is 0.438 e. The molecule has 0 aliphatic heterocycles. The van der Waals surface area contributed by atoms with Gasteiger partial charge in [0, 0.05) is 23.6 Å². The van der Waals surface area contributed by atoms with E-state index in [2.05, 4.69) is 5.10 Å². The van der Waals surface area contributed by atoms with E-state index in [1.807, 2.05) is 0 Å². The number of alkyl halides is 3. The van der Waals surface area contributed by atoms with Crippen molar-refractivity contribution in [3.63, 3.8) is 0 Å². The molecule has 3 aromatic rings. The average molecular weight is 396 g/mol. The predicted octanol–water partition coefficient (Wildman–Crippen LogP) is 4.76. The van der Waals surface area contributed by atoms with Crippen LogP contribution in [0.5, 0.6) is 5.75 Å². The van der Waals surface area contributed by atoms with Crippen LogP contribution in [0, 0.1) is 5.82 Å². The van der Waals surface area contributed by atoms with Crippen LogP contribution in [-0.4, -0.2) is 28.2 Å². The highest BCUT2D eigenvalue weighted by atomic mass is 19.4. The quantitative estimate of drug-likeness (QED) is 0.633. The lowest BCUT2D eigenvalue weighted by Gasteiger charge is -2.38. The fourth-order valence-corrected chi connectivity index (χ4v) is 3.39. The summed E-state index contributed by atoms with van der Waals surface area (Å²) in [6, 6.07) is 10.1. The number of benzene rings is 2. The summed E-state index contributed by atoms with van der Waals surface area (Å²) in [4.78, 5) is 0. The summed E-state index contributed by atoms with van der Waals surface area (Å²) in [7, 11) is 1.35. The second-order valence-electron chi connectivity index (χ2n) is 7.35. The predicted molar refractivity (Wildman–Crippen MR) is 96.6 cm³/mol. The Hall–Kier alpha value is -2.61. The van der Waals surface area contributed by atoms with Crippen molar-refractivity contribution in [2.75, 3.05) is 7.11 Å². The van der Waals surface area contributed by atoms with Crippen LogP contribution in [0.3, 0.4) is 0 Å². The molecule has 0 spiro atoms. The number of hydrogen-bond acceptors (Lipinski definition) is 3. The number of rotatable bonds is 5. The van der Waals surface area contributed by atoms with E-state index in [0.29, 0.717) is 15.6 Å². The number of fused-ring (bicyclic) bond motifs is 1. The number of ether oxygens (including phenoxy) is 1. The minimum absolute atomic E-state index is 0.217. The third-order valence-corrected chi connectivity index (χ3v) is 4.83. The van der Waals surface area contributed by atoms with Crippen molar-refractivity contribution in [2.24, 2.45) is 0 Å². The number of halogens is 4. The van der Waals surface area contributed by atoms with Gasteiger partial charge in [-0.2, -0.15) is 18.3 Å². The molecule has 28 heavy (non-hydrogen) atoms. The van der Waals surface area contributed by atoms with Crippen LogP contribution in [0.25, 0.3) is 10.9 Å². The number of aliphatic hydroxyl groups is 1. The van der Waals surface area contributed by atoms with Gasteiger partial charge in [-0.1, -0.05) is 32.0 Å². The molecular weight excluding hydrogens is 376 g/mol. The Morgan fingerprint density at radius 1 is 1.11 bits per heavy atom. The minimum atomic E-state index is -5.02. The van der Waals surface area contributed by atoms with E-state index < -0.39 is 29.6 Å². The molecule has 150 valence electrons. The summed E-state index contributed by atoms with van der Waals surface area (Å²) >= 11 is 0. The summed E-state index contributed by atoms with van der Waals surface area (Å²) in [5.74, 6) is -0.370. The first-order valence-corrected chi connectivity index (χ1v) is 8.56. The van der Waals surface area contributed by atoms with E-state index in [9.17, 15) is 22.7 Å². The molecule has 8 heteroatoms. The Balaban J connectivity index is 2.11. The van der Waals surface area contributed by atoms with Crippen molar-refractivity contribution in [1.82, 2.24) is 9.78 Å². The number of nitrogens with zero attached hydrogens (tertiary/aromatic N) is 2. The zero-order chi connectivity index (χ0) is 20.7. The first-order chi connectivity index (χ1) is 13.0. The van der Waals surface area contributed by atoms with Crippen LogP contribution >= 0.6 is 0 Å². The Morgan fingerprint density at radius 3 is 2.39 bits per heavy atom. The van der Waals surface area contributed by atoms with Crippen molar-refractivity contribution < 1.29 is 27.4 Å². The smallest absolute Gasteiger partial charge is 0.438 e. The van der Waals surface area contributed by atoms with Gasteiger partial charge in [-0.15, -0.1) is 0 Å². The average Bonchev–Trinajstić information content (AvgIpc) is 3.05. The van der Waals surface area contributed by atoms with Crippen molar-refractivity contribution in [3.8, 4) is 5.75 Å². The number of methoxy groups -OCH3 is 1. The van der Waals surface area contributed by atoms with Crippen LogP contribution in [0.1, 0.15) is 25.8 Å². The summed E-state index contributed by atoms with van der Waals surface area (Å²) in [6.07, 6.45) is -4.66. The number of hydrogen-bond donors (Lipinski definition) is 1. The fraction of sp³-hybridized carbons (Fsp3) is 0.350. The molecule has 0 fully saturated rings. The molecule has 0 bridgehead atoms. The van der Waals surface area contributed by atoms with Crippen molar-refractivity contribution >= 4 is 10.9 Å². The van der Waals surface area contributed by atoms with Crippen LogP contribution in [0.4, 0.5) is 17.6 Å². The van der Waals surface area contributed by atoms with E-state index in [1.165, 1.54) is 27.0 Å². The first kappa shape index (κ1) is 20.1. The topological polar surface area (TPSA) is 47.3 Å². The molecule has 1 N–H and O–H groups in total. The highest BCUT2D eigenvalue weighted by molar-refractivity contribution is 5.77. The third kappa shape index (κ3) is 3.44. The SMILES string of the molecule is COc1ccc(F)cc1C(C)(C)CC(O)(n1cc2ccccc2n1)C(F)(F)F. The highest BCUT2D eigenvalue weighted by Gasteiger charge is 2.58. The molecule has 0 aliphatic carbocycles. The molecule has 3 rings (SSSR count). The van der Waals surface area contributed by atoms with Gasteiger partial charge in [-0.3, -0.25) is 0 Å². The van der Waals surface area contributed by atoms with Crippen LogP contribution < -0.4 is 4.74 Å². The largest absolute Gasteiger partial charge is 0.496 e. The summed E-state index contributed by atoms with van der Waals surface area (Å²) in [5.41, 5.74) is -4.05. The van der Waals surface area contributed by atoms with E-state index in [1.54, 1.807) is 24.3 Å². The molecule has 0 aliphatic rings. The third-order valence-electron chi connectivity index (χ3n) is 4.83. The first-order valence-electron chi connectivity index (χ1n) is 8.56. The Labute approximate surface area is 159 Å². The van der Waals surface area contributed by atoms with Gasteiger partial charge in [-0.05, 0) is 29.7 Å². The molecule has 2 aromatic carbocycles. The van der Waals surface area contributed by atoms with Gasteiger partial charge in [0.2, 0.25) is 0 Å². The van der Waals surface area contributed by atoms with E-state index in [-0.39, 0.29) is 11.3 Å². The Morgan fingerprint density at radius 2 is 1.79 bits per heavy atom. The Bertz CT molecular complexity index is 964. The zero-order valence-electron chi connectivity index (χ0n) is 15.6. The molecule has 0 radical (unpaired) electrons. The van der Waals surface area contributed by atoms with Crippen molar-refractivity contribution in [2.45, 2.75) is 37.6 Å². The van der Waals surface area contributed by atoms with E-state index in [0.717, 1.165) is 18.3 Å². The molecule has 1 atom stereocenters. The normalized spacial score (nSPS) is 14.9. The lowest BCUT2D eigenvalue weighted by Crippen LogP contribution is -2.51. The molecule has 1 heterocycles. The second kappa shape index (κ2) is 6.77. The highest BCUT2D eigenvalue weighted by Crippen LogP contribution is 2.46. The molecule has 1 unspecified atom stereocenters. The van der Waals surface area contributed by atoms with Gasteiger partial charge in [0.15, 0.2) is 0 Å². The van der Waals surface area contributed by atoms with Gasteiger partial charge < -0.3 is 9.84 Å². The summed E-state index contributed by atoms with van der Waals surface area (Å²) in [6.45, 7) is 2.98. The molecule has 1 aromatic heterocycles. The summed E-state index contributed by atoms with van der Waals surface area (Å²) in [5, 5.41) is 15.2. The van der Waals surface area contributed by atoms with Crippen LogP contribution in [-0.2, 0) is 11.1 Å². The maximum absolute atomic E-state index is 14.0. The minimum Gasteiger partial charge on any atom is -0.496 e. The van der Waals surface area contributed by atoms with Crippen molar-refractivity contribution in [3.05, 3.63) is 60.0 Å². The second-order valence-corrected chi connectivity index (χ2v) is 7.35. The molecule has 0 saturated heterocycles. The van der Waals surface area contributed by atoms with Gasteiger partial charge in [-0.25, -0.2) is 9.07 Å². The van der Waals surface area contributed by atoms with Gasteiger partial charge >= 0.3 is 6.18 Å². The lowest BCUT2D eigenvalue weighted by atomic mass is 9.77. The standard InChI is InChI=1S/C20H20F4N2O2/c1-18(2,15-10-14(21)8-9-17(15)28-3)12-19(27,20(22,23)24)26-11-13-6-4-5-7-16(13)25-26/h4-11,27H,12H2,1-3H3. The van der Waals surface area contributed by atoms with E-state index in [4.69, 9.17) is 4.74 Å². The molecular formula is C20H20F4N2O2. The van der Waals surface area contributed by atoms with Crippen molar-refractivity contribution in [1.29, 1.82) is 0 Å². The van der Waals surface area contributed by atoms with E-state index >= 15 is 0 Å².